The normalized spacial score (nSPS) is 41.0. The Morgan fingerprint density at radius 2 is 1.81 bits per heavy atom. The fourth-order valence-corrected chi connectivity index (χ4v) is 1.66. The molecule has 9 nitrogen and oxygen atoms in total. The van der Waals surface area contributed by atoms with Crippen molar-refractivity contribution in [1.29, 1.82) is 0 Å². The molecule has 0 amide bonds. The summed E-state index contributed by atoms with van der Waals surface area (Å²) in [7, 11) is -4.66. The molecule has 10 heteroatoms. The van der Waals surface area contributed by atoms with E-state index in [1.54, 1.807) is 0 Å². The van der Waals surface area contributed by atoms with Gasteiger partial charge in [-0.25, -0.2) is 4.57 Å². The maximum atomic E-state index is 10.4. The highest BCUT2D eigenvalue weighted by molar-refractivity contribution is 7.46. The van der Waals surface area contributed by atoms with E-state index in [0.717, 1.165) is 0 Å². The number of nitrogens with two attached hydrogens (primary N) is 2. The summed E-state index contributed by atoms with van der Waals surface area (Å²) in [6, 6.07) is -0.971. The van der Waals surface area contributed by atoms with Gasteiger partial charge in [0.05, 0.1) is 12.6 Å². The van der Waals surface area contributed by atoms with Crippen LogP contribution in [0.1, 0.15) is 0 Å². The van der Waals surface area contributed by atoms with E-state index in [2.05, 4.69) is 4.52 Å². The Morgan fingerprint density at radius 3 is 2.31 bits per heavy atom. The number of hydrogen-bond donors (Lipinski definition) is 6. The summed E-state index contributed by atoms with van der Waals surface area (Å²) in [5.74, 6) is 0. The lowest BCUT2D eigenvalue weighted by molar-refractivity contribution is -0.185. The van der Waals surface area contributed by atoms with E-state index < -0.39 is 45.0 Å². The average Bonchev–Trinajstić information content (AvgIpc) is 2.17. The highest BCUT2D eigenvalue weighted by atomic mass is 31.2. The molecule has 1 heterocycles. The minimum absolute atomic E-state index is 0.594. The predicted octanol–water partition coefficient (Wildman–Crippen LogP) is -3.17. The van der Waals surface area contributed by atoms with E-state index >= 15 is 0 Å². The summed E-state index contributed by atoms with van der Waals surface area (Å²) in [6.07, 6.45) is -4.93. The molecule has 0 bridgehead atoms. The van der Waals surface area contributed by atoms with Crippen LogP contribution < -0.4 is 11.5 Å². The lowest BCUT2D eigenvalue weighted by Crippen LogP contribution is -2.64. The van der Waals surface area contributed by atoms with Crippen molar-refractivity contribution >= 4 is 7.82 Å². The number of aliphatic hydroxyl groups is 2. The molecule has 1 aliphatic heterocycles. The molecule has 0 radical (unpaired) electrons. The molecule has 0 spiro atoms. The maximum Gasteiger partial charge on any atom is 0.469 e. The molecular formula is C6H15N2O7P. The van der Waals surface area contributed by atoms with Crippen LogP contribution >= 0.6 is 7.82 Å². The zero-order valence-electron chi connectivity index (χ0n) is 8.21. The van der Waals surface area contributed by atoms with Crippen LogP contribution in [0.15, 0.2) is 0 Å². The van der Waals surface area contributed by atoms with Crippen molar-refractivity contribution in [1.82, 2.24) is 0 Å². The van der Waals surface area contributed by atoms with Gasteiger partial charge in [-0.05, 0) is 0 Å². The van der Waals surface area contributed by atoms with Crippen LogP contribution in [0.2, 0.25) is 0 Å². The lowest BCUT2D eigenvalue weighted by atomic mass is 9.97. The van der Waals surface area contributed by atoms with E-state index in [0.29, 0.717) is 0 Å². The Bertz CT molecular complexity index is 284. The predicted molar refractivity (Wildman–Crippen MR) is 50.8 cm³/mol. The van der Waals surface area contributed by atoms with Crippen molar-refractivity contribution in [2.75, 3.05) is 6.61 Å². The van der Waals surface area contributed by atoms with Crippen molar-refractivity contribution in [2.45, 2.75) is 30.6 Å². The third kappa shape index (κ3) is 3.45. The molecule has 96 valence electrons. The van der Waals surface area contributed by atoms with Gasteiger partial charge in [0.25, 0.3) is 0 Å². The molecule has 1 saturated heterocycles. The second kappa shape index (κ2) is 5.05. The molecule has 8 N–H and O–H groups in total. The number of phosphoric acid groups is 1. The fourth-order valence-electron chi connectivity index (χ4n) is 1.32. The molecule has 0 aromatic carbocycles. The molecule has 16 heavy (non-hydrogen) atoms. The Kier molecular flexibility index (Phi) is 4.41. The number of ether oxygens (including phenoxy) is 1. The van der Waals surface area contributed by atoms with Gasteiger partial charge in [-0.1, -0.05) is 0 Å². The number of aliphatic hydroxyl groups excluding tert-OH is 2. The van der Waals surface area contributed by atoms with Crippen LogP contribution in [0.5, 0.6) is 0 Å². The SMILES string of the molecule is NC1O[C@H](COP(=O)(O)O)[C@@H](O)[C@H](O)[C@@H]1N. The van der Waals surface area contributed by atoms with Crippen LogP contribution in [0.4, 0.5) is 0 Å². The summed E-state index contributed by atoms with van der Waals surface area (Å²) in [5, 5.41) is 18.9. The number of hydrogen-bond acceptors (Lipinski definition) is 7. The topological polar surface area (TPSA) is 168 Å². The fraction of sp³-hybridized carbons (Fsp3) is 1.00. The molecule has 1 unspecified atom stereocenters. The van der Waals surface area contributed by atoms with Gasteiger partial charge in [0, 0.05) is 0 Å². The van der Waals surface area contributed by atoms with Crippen molar-refractivity contribution in [3.63, 3.8) is 0 Å². The van der Waals surface area contributed by atoms with Crippen LogP contribution in [0, 0.1) is 0 Å². The average molecular weight is 258 g/mol. The van der Waals surface area contributed by atoms with Crippen LogP contribution in [-0.2, 0) is 13.8 Å². The molecule has 0 aromatic heterocycles. The summed E-state index contributed by atoms with van der Waals surface area (Å²) in [5.41, 5.74) is 10.8. The highest BCUT2D eigenvalue weighted by Gasteiger charge is 2.41. The Labute approximate surface area is 91.2 Å². The van der Waals surface area contributed by atoms with Gasteiger partial charge in [-0.3, -0.25) is 4.52 Å². The van der Waals surface area contributed by atoms with E-state index in [1.807, 2.05) is 0 Å². The molecule has 1 aliphatic rings. The van der Waals surface area contributed by atoms with Gasteiger partial charge in [0.1, 0.15) is 24.5 Å². The van der Waals surface area contributed by atoms with Crippen molar-refractivity contribution in [3.8, 4) is 0 Å². The number of phosphoric ester groups is 1. The van der Waals surface area contributed by atoms with Crippen molar-refractivity contribution in [3.05, 3.63) is 0 Å². The summed E-state index contributed by atoms with van der Waals surface area (Å²) in [6.45, 7) is -0.594. The zero-order chi connectivity index (χ0) is 12.5. The molecule has 0 saturated carbocycles. The second-order valence-corrected chi connectivity index (χ2v) is 4.72. The van der Waals surface area contributed by atoms with E-state index in [9.17, 15) is 14.8 Å². The van der Waals surface area contributed by atoms with Crippen molar-refractivity contribution < 1.29 is 33.8 Å². The van der Waals surface area contributed by atoms with E-state index in [4.69, 9.17) is 26.0 Å². The third-order valence-corrected chi connectivity index (χ3v) is 2.73. The molecule has 1 rings (SSSR count). The van der Waals surface area contributed by atoms with Gasteiger partial charge in [-0.2, -0.15) is 0 Å². The minimum Gasteiger partial charge on any atom is -0.389 e. The third-order valence-electron chi connectivity index (χ3n) is 2.24. The monoisotopic (exact) mass is 258 g/mol. The largest absolute Gasteiger partial charge is 0.469 e. The van der Waals surface area contributed by atoms with Gasteiger partial charge in [0.2, 0.25) is 0 Å². The molecule has 0 aromatic rings. The van der Waals surface area contributed by atoms with Crippen LogP contribution in [0.3, 0.4) is 0 Å². The van der Waals surface area contributed by atoms with Gasteiger partial charge < -0.3 is 36.2 Å². The lowest BCUT2D eigenvalue weighted by Gasteiger charge is -2.39. The molecule has 1 fully saturated rings. The van der Waals surface area contributed by atoms with Crippen LogP contribution in [0.25, 0.3) is 0 Å². The van der Waals surface area contributed by atoms with Crippen LogP contribution in [-0.4, -0.2) is 57.2 Å². The highest BCUT2D eigenvalue weighted by Crippen LogP contribution is 2.36. The van der Waals surface area contributed by atoms with Gasteiger partial charge in [0.15, 0.2) is 0 Å². The molecular weight excluding hydrogens is 243 g/mol. The Morgan fingerprint density at radius 1 is 1.25 bits per heavy atom. The van der Waals surface area contributed by atoms with E-state index in [-0.39, 0.29) is 0 Å². The Hall–Kier alpha value is -0.0900. The minimum atomic E-state index is -4.66. The second-order valence-electron chi connectivity index (χ2n) is 3.48. The smallest absolute Gasteiger partial charge is 0.389 e. The Balaban J connectivity index is 2.57. The van der Waals surface area contributed by atoms with Crippen molar-refractivity contribution in [2.24, 2.45) is 11.5 Å². The standard InChI is InChI=1S/C6H15N2O7P/c7-3-5(10)4(9)2(15-6(3)8)1-14-16(11,12)13/h2-6,9-10H,1,7-8H2,(H2,11,12,13)/t2-,3+,4-,5-,6?/m1/s1. The first kappa shape index (κ1) is 14.0. The molecule has 5 atom stereocenters. The first-order valence-corrected chi connectivity index (χ1v) is 5.98. The summed E-state index contributed by atoms with van der Waals surface area (Å²) >= 11 is 0. The first-order chi connectivity index (χ1) is 7.22. The summed E-state index contributed by atoms with van der Waals surface area (Å²) in [4.78, 5) is 16.9. The first-order valence-electron chi connectivity index (χ1n) is 4.45. The zero-order valence-corrected chi connectivity index (χ0v) is 9.10. The van der Waals surface area contributed by atoms with Gasteiger partial charge >= 0.3 is 7.82 Å². The van der Waals surface area contributed by atoms with E-state index in [1.165, 1.54) is 0 Å². The quantitative estimate of drug-likeness (QED) is 0.286. The van der Waals surface area contributed by atoms with Gasteiger partial charge in [-0.15, -0.1) is 0 Å². The summed E-state index contributed by atoms with van der Waals surface area (Å²) < 4.78 is 19.5. The number of rotatable bonds is 3. The maximum absolute atomic E-state index is 10.4. The molecule has 0 aliphatic carbocycles.